The second-order valence-corrected chi connectivity index (χ2v) is 5.22. The van der Waals surface area contributed by atoms with Gasteiger partial charge in [0, 0.05) is 6.42 Å². The third-order valence-electron chi connectivity index (χ3n) is 2.62. The molecule has 0 radical (unpaired) electrons. The lowest BCUT2D eigenvalue weighted by Crippen LogP contribution is -2.34. The lowest BCUT2D eigenvalue weighted by Gasteiger charge is -2.24. The van der Waals surface area contributed by atoms with Gasteiger partial charge in [-0.3, -0.25) is 4.79 Å². The van der Waals surface area contributed by atoms with Crippen molar-refractivity contribution in [1.82, 2.24) is 0 Å². The molecule has 0 aromatic heterocycles. The number of rotatable bonds is 4. The first kappa shape index (κ1) is 10.7. The van der Waals surface area contributed by atoms with Crippen molar-refractivity contribution in [3.63, 3.8) is 0 Å². The van der Waals surface area contributed by atoms with Gasteiger partial charge in [0.15, 0.2) is 5.78 Å². The molecule has 0 amide bonds. The predicted octanol–water partition coefficient (Wildman–Crippen LogP) is 2.15. The van der Waals surface area contributed by atoms with Crippen LogP contribution in [0.4, 0.5) is 0 Å². The van der Waals surface area contributed by atoms with Crippen LogP contribution in [0.3, 0.4) is 0 Å². The molecule has 1 atom stereocenters. The van der Waals surface area contributed by atoms with Crippen LogP contribution in [0, 0.1) is 11.3 Å². The number of hydrogen-bond donors (Lipinski definition) is 1. The molecule has 0 aliphatic heterocycles. The number of aliphatic hydroxyl groups is 1. The Hall–Kier alpha value is -0.370. The Morgan fingerprint density at radius 2 is 2.00 bits per heavy atom. The number of carbonyl (C=O) groups is 1. The fourth-order valence-electron chi connectivity index (χ4n) is 1.37. The van der Waals surface area contributed by atoms with Gasteiger partial charge in [-0.2, -0.15) is 0 Å². The minimum absolute atomic E-state index is 0.0133. The average Bonchev–Trinajstić information content (AvgIpc) is 2.80. The van der Waals surface area contributed by atoms with Crippen molar-refractivity contribution < 1.29 is 9.90 Å². The van der Waals surface area contributed by atoms with Crippen LogP contribution in [0.25, 0.3) is 0 Å². The van der Waals surface area contributed by atoms with Gasteiger partial charge in [0.1, 0.15) is 6.10 Å². The standard InChI is InChI=1S/C11H20O2/c1-11(2,3)10(13)9(12)7-6-8-4-5-8/h8,10,13H,4-7H2,1-3H3. The molecule has 1 fully saturated rings. The fraction of sp³-hybridized carbons (Fsp3) is 0.909. The van der Waals surface area contributed by atoms with E-state index in [1.165, 1.54) is 12.8 Å². The molecule has 1 aliphatic carbocycles. The smallest absolute Gasteiger partial charge is 0.161 e. The van der Waals surface area contributed by atoms with E-state index in [1.807, 2.05) is 20.8 Å². The first-order valence-corrected chi connectivity index (χ1v) is 5.12. The Morgan fingerprint density at radius 1 is 1.46 bits per heavy atom. The van der Waals surface area contributed by atoms with Gasteiger partial charge in [0.2, 0.25) is 0 Å². The number of ketones is 1. The average molecular weight is 184 g/mol. The van der Waals surface area contributed by atoms with Gasteiger partial charge in [0.05, 0.1) is 0 Å². The summed E-state index contributed by atoms with van der Waals surface area (Å²) in [7, 11) is 0. The Labute approximate surface area is 80.3 Å². The Balaban J connectivity index is 2.28. The van der Waals surface area contributed by atoms with E-state index in [4.69, 9.17) is 0 Å². The highest BCUT2D eigenvalue weighted by molar-refractivity contribution is 5.83. The summed E-state index contributed by atoms with van der Waals surface area (Å²) in [6, 6.07) is 0. The van der Waals surface area contributed by atoms with Crippen molar-refractivity contribution in [3.8, 4) is 0 Å². The molecule has 13 heavy (non-hydrogen) atoms. The summed E-state index contributed by atoms with van der Waals surface area (Å²) in [5.74, 6) is 0.788. The molecule has 1 N–H and O–H groups in total. The Kier molecular flexibility index (Phi) is 3.12. The maximum atomic E-state index is 11.5. The first-order valence-electron chi connectivity index (χ1n) is 5.12. The summed E-state index contributed by atoms with van der Waals surface area (Å²) in [4.78, 5) is 11.5. The van der Waals surface area contributed by atoms with Gasteiger partial charge < -0.3 is 5.11 Å². The van der Waals surface area contributed by atoms with Crippen LogP contribution >= 0.6 is 0 Å². The summed E-state index contributed by atoms with van der Waals surface area (Å²) >= 11 is 0. The van der Waals surface area contributed by atoms with Crippen molar-refractivity contribution in [3.05, 3.63) is 0 Å². The van der Waals surface area contributed by atoms with Gasteiger partial charge in [-0.05, 0) is 17.8 Å². The highest BCUT2D eigenvalue weighted by atomic mass is 16.3. The summed E-state index contributed by atoms with van der Waals surface area (Å²) in [5, 5.41) is 9.64. The third kappa shape index (κ3) is 3.47. The van der Waals surface area contributed by atoms with Crippen molar-refractivity contribution in [2.45, 2.75) is 52.6 Å². The van der Waals surface area contributed by atoms with Gasteiger partial charge in [-0.25, -0.2) is 0 Å². The zero-order valence-electron chi connectivity index (χ0n) is 8.84. The van der Waals surface area contributed by atoms with Crippen LogP contribution in [0.5, 0.6) is 0 Å². The molecule has 1 rings (SSSR count). The molecule has 0 saturated heterocycles. The molecular formula is C11H20O2. The van der Waals surface area contributed by atoms with Gasteiger partial charge in [-0.15, -0.1) is 0 Å². The van der Waals surface area contributed by atoms with E-state index in [-0.39, 0.29) is 11.2 Å². The molecule has 1 unspecified atom stereocenters. The number of hydrogen-bond acceptors (Lipinski definition) is 2. The molecule has 0 heterocycles. The van der Waals surface area contributed by atoms with Gasteiger partial charge in [-0.1, -0.05) is 33.6 Å². The van der Waals surface area contributed by atoms with E-state index < -0.39 is 6.10 Å². The zero-order chi connectivity index (χ0) is 10.1. The third-order valence-corrected chi connectivity index (χ3v) is 2.62. The van der Waals surface area contributed by atoms with E-state index in [9.17, 15) is 9.90 Å². The maximum absolute atomic E-state index is 11.5. The van der Waals surface area contributed by atoms with Crippen molar-refractivity contribution in [1.29, 1.82) is 0 Å². The first-order chi connectivity index (χ1) is 5.91. The molecule has 0 aromatic carbocycles. The van der Waals surface area contributed by atoms with E-state index in [0.717, 1.165) is 12.3 Å². The molecular weight excluding hydrogens is 164 g/mol. The second kappa shape index (κ2) is 3.79. The minimum Gasteiger partial charge on any atom is -0.385 e. The summed E-state index contributed by atoms with van der Waals surface area (Å²) in [6.07, 6.45) is 3.30. The predicted molar refractivity (Wildman–Crippen MR) is 52.4 cm³/mol. The van der Waals surface area contributed by atoms with Crippen molar-refractivity contribution in [2.24, 2.45) is 11.3 Å². The number of carbonyl (C=O) groups excluding carboxylic acids is 1. The Morgan fingerprint density at radius 3 is 2.38 bits per heavy atom. The van der Waals surface area contributed by atoms with E-state index in [0.29, 0.717) is 6.42 Å². The van der Waals surface area contributed by atoms with Crippen molar-refractivity contribution >= 4 is 5.78 Å². The topological polar surface area (TPSA) is 37.3 Å². The summed E-state index contributed by atoms with van der Waals surface area (Å²) in [5.41, 5.74) is -0.305. The monoisotopic (exact) mass is 184 g/mol. The van der Waals surface area contributed by atoms with Crippen molar-refractivity contribution in [2.75, 3.05) is 0 Å². The molecule has 76 valence electrons. The van der Waals surface area contributed by atoms with Gasteiger partial charge >= 0.3 is 0 Å². The molecule has 2 nitrogen and oxygen atoms in total. The van der Waals surface area contributed by atoms with Crippen LogP contribution in [0.15, 0.2) is 0 Å². The van der Waals surface area contributed by atoms with Crippen LogP contribution < -0.4 is 0 Å². The lowest BCUT2D eigenvalue weighted by molar-refractivity contribution is -0.132. The van der Waals surface area contributed by atoms with Gasteiger partial charge in [0.25, 0.3) is 0 Å². The molecule has 1 saturated carbocycles. The quantitative estimate of drug-likeness (QED) is 0.727. The van der Waals surface area contributed by atoms with Crippen LogP contribution in [0.1, 0.15) is 46.5 Å². The van der Waals surface area contributed by atoms with Crippen LogP contribution in [-0.4, -0.2) is 17.0 Å². The second-order valence-electron chi connectivity index (χ2n) is 5.22. The van der Waals surface area contributed by atoms with Crippen LogP contribution in [0.2, 0.25) is 0 Å². The van der Waals surface area contributed by atoms with Crippen LogP contribution in [-0.2, 0) is 4.79 Å². The normalized spacial score (nSPS) is 20.0. The molecule has 1 aliphatic rings. The molecule has 2 heteroatoms. The number of aliphatic hydroxyl groups excluding tert-OH is 1. The van der Waals surface area contributed by atoms with E-state index in [2.05, 4.69) is 0 Å². The molecule has 0 aromatic rings. The highest BCUT2D eigenvalue weighted by Crippen LogP contribution is 2.34. The Bertz CT molecular complexity index is 187. The molecule has 0 bridgehead atoms. The van der Waals surface area contributed by atoms with E-state index in [1.54, 1.807) is 0 Å². The highest BCUT2D eigenvalue weighted by Gasteiger charge is 2.30. The fourth-order valence-corrected chi connectivity index (χ4v) is 1.37. The number of Topliss-reactive ketones (excluding diaryl/α,β-unsaturated/α-hetero) is 1. The largest absolute Gasteiger partial charge is 0.385 e. The SMILES string of the molecule is CC(C)(C)C(O)C(=O)CCC1CC1. The van der Waals surface area contributed by atoms with E-state index >= 15 is 0 Å². The minimum atomic E-state index is -0.786. The zero-order valence-corrected chi connectivity index (χ0v) is 8.84. The lowest BCUT2D eigenvalue weighted by atomic mass is 9.85. The maximum Gasteiger partial charge on any atom is 0.161 e. The summed E-state index contributed by atoms with van der Waals surface area (Å²) < 4.78 is 0. The molecule has 0 spiro atoms. The summed E-state index contributed by atoms with van der Waals surface area (Å²) in [6.45, 7) is 5.69.